The number of hydrogen-bond donors (Lipinski definition) is 4. The van der Waals surface area contributed by atoms with Crippen molar-refractivity contribution in [2.24, 2.45) is 0 Å². The third-order valence-corrected chi connectivity index (χ3v) is 4.55. The van der Waals surface area contributed by atoms with E-state index in [1.807, 2.05) is 30.3 Å². The summed E-state index contributed by atoms with van der Waals surface area (Å²) in [6.07, 6.45) is -0.512. The van der Waals surface area contributed by atoms with E-state index in [1.54, 1.807) is 25.2 Å². The minimum atomic E-state index is -1.25. The molecule has 1 aromatic heterocycles. The van der Waals surface area contributed by atoms with Gasteiger partial charge >= 0.3 is 6.09 Å². The summed E-state index contributed by atoms with van der Waals surface area (Å²) in [5.41, 5.74) is 2.06. The fourth-order valence-corrected chi connectivity index (χ4v) is 2.93. The van der Waals surface area contributed by atoms with Gasteiger partial charge < -0.3 is 30.2 Å². The highest BCUT2D eigenvalue weighted by Gasteiger charge is 2.20. The minimum Gasteiger partial charge on any atom is -0.489 e. The van der Waals surface area contributed by atoms with Crippen LogP contribution in [0.1, 0.15) is 5.56 Å². The minimum absolute atomic E-state index is 0.127. The van der Waals surface area contributed by atoms with E-state index in [2.05, 4.69) is 20.9 Å². The van der Waals surface area contributed by atoms with Crippen LogP contribution in [0.15, 0.2) is 64.9 Å². The summed E-state index contributed by atoms with van der Waals surface area (Å²) in [5.74, 6) is 0.183. The number of aromatic nitrogens is 1. The van der Waals surface area contributed by atoms with Gasteiger partial charge in [-0.1, -0.05) is 30.3 Å². The van der Waals surface area contributed by atoms with E-state index < -0.39 is 12.1 Å². The number of nitrogens with zero attached hydrogens (tertiary/aromatic N) is 1. The van der Waals surface area contributed by atoms with Gasteiger partial charge in [0.15, 0.2) is 5.58 Å². The average molecular weight is 442 g/mol. The largest absolute Gasteiger partial charge is 0.489 e. The van der Waals surface area contributed by atoms with Crippen LogP contribution in [0.4, 0.5) is 15.2 Å². The SMILES string of the molecule is CNC(=O)[C@H](Cc1ccccc1)Nc1nc2ccc(OC/C(=C\F)CNC(=O)O)cc2o1. The number of rotatable bonds is 10. The first kappa shape index (κ1) is 22.6. The Morgan fingerprint density at radius 1 is 1.25 bits per heavy atom. The van der Waals surface area contributed by atoms with Crippen molar-refractivity contribution in [1.82, 2.24) is 15.6 Å². The maximum atomic E-state index is 12.9. The van der Waals surface area contributed by atoms with E-state index in [1.165, 1.54) is 0 Å². The molecule has 32 heavy (non-hydrogen) atoms. The number of carbonyl (C=O) groups excluding carboxylic acids is 1. The molecule has 0 saturated carbocycles. The Labute approximate surface area is 183 Å². The van der Waals surface area contributed by atoms with E-state index in [9.17, 15) is 14.0 Å². The Morgan fingerprint density at radius 2 is 2.03 bits per heavy atom. The third-order valence-electron chi connectivity index (χ3n) is 4.55. The summed E-state index contributed by atoms with van der Waals surface area (Å²) in [6.45, 7) is -0.329. The molecule has 2 aromatic carbocycles. The van der Waals surface area contributed by atoms with Crippen LogP contribution < -0.4 is 20.7 Å². The molecule has 1 heterocycles. The highest BCUT2D eigenvalue weighted by Crippen LogP contribution is 2.25. The molecule has 168 valence electrons. The number of likely N-dealkylation sites (N-methyl/N-ethyl adjacent to an activating group) is 1. The van der Waals surface area contributed by atoms with Gasteiger partial charge in [-0.3, -0.25) is 4.79 Å². The molecule has 0 unspecified atom stereocenters. The quantitative estimate of drug-likeness (QED) is 0.380. The molecule has 0 spiro atoms. The van der Waals surface area contributed by atoms with Gasteiger partial charge in [0.25, 0.3) is 6.01 Å². The number of anilines is 1. The zero-order valence-electron chi connectivity index (χ0n) is 17.3. The fraction of sp³-hybridized carbons (Fsp3) is 0.227. The second-order valence-corrected chi connectivity index (χ2v) is 6.86. The van der Waals surface area contributed by atoms with Crippen molar-refractivity contribution in [3.05, 3.63) is 66.0 Å². The van der Waals surface area contributed by atoms with Crippen LogP contribution >= 0.6 is 0 Å². The lowest BCUT2D eigenvalue weighted by molar-refractivity contribution is -0.121. The number of carboxylic acid groups (broad SMARTS) is 1. The van der Waals surface area contributed by atoms with E-state index in [0.717, 1.165) is 5.56 Å². The predicted molar refractivity (Wildman–Crippen MR) is 116 cm³/mol. The molecule has 0 radical (unpaired) electrons. The Balaban J connectivity index is 1.69. The molecule has 9 nitrogen and oxygen atoms in total. The first-order valence-electron chi connectivity index (χ1n) is 9.79. The summed E-state index contributed by atoms with van der Waals surface area (Å²) >= 11 is 0. The van der Waals surface area contributed by atoms with Crippen molar-refractivity contribution in [2.45, 2.75) is 12.5 Å². The second kappa shape index (κ2) is 10.8. The molecule has 1 atom stereocenters. The van der Waals surface area contributed by atoms with Crippen LogP contribution in [0.5, 0.6) is 5.75 Å². The number of fused-ring (bicyclic) bond motifs is 1. The predicted octanol–water partition coefficient (Wildman–Crippen LogP) is 3.10. The Kier molecular flexibility index (Phi) is 7.63. The lowest BCUT2D eigenvalue weighted by Crippen LogP contribution is -2.39. The summed E-state index contributed by atoms with van der Waals surface area (Å²) < 4.78 is 24.1. The molecule has 3 rings (SSSR count). The van der Waals surface area contributed by atoms with Gasteiger partial charge in [-0.2, -0.15) is 4.98 Å². The van der Waals surface area contributed by atoms with Gasteiger partial charge in [-0.15, -0.1) is 0 Å². The standard InChI is InChI=1S/C22H23FN4O5/c1-24-20(28)18(9-14-5-3-2-4-6-14)27-21-26-17-8-7-16(10-19(17)32-21)31-13-15(11-23)12-25-22(29)30/h2-8,10-11,18,25H,9,12-13H2,1H3,(H,24,28)(H,26,27)(H,29,30)/b15-11-/t18-/m0/s1. The topological polar surface area (TPSA) is 126 Å². The first-order valence-corrected chi connectivity index (χ1v) is 9.79. The Hall–Kier alpha value is -4.08. The molecule has 2 amide bonds. The normalized spacial score (nSPS) is 12.2. The second-order valence-electron chi connectivity index (χ2n) is 6.86. The van der Waals surface area contributed by atoms with Crippen molar-refractivity contribution in [3.63, 3.8) is 0 Å². The van der Waals surface area contributed by atoms with Crippen LogP contribution in [-0.2, 0) is 11.2 Å². The van der Waals surface area contributed by atoms with Gasteiger partial charge in [0.1, 0.15) is 23.9 Å². The van der Waals surface area contributed by atoms with Gasteiger partial charge in [0.2, 0.25) is 5.91 Å². The van der Waals surface area contributed by atoms with Crippen molar-refractivity contribution in [1.29, 1.82) is 0 Å². The number of ether oxygens (including phenoxy) is 1. The third kappa shape index (κ3) is 6.21. The number of carbonyl (C=O) groups is 2. The molecule has 0 aliphatic heterocycles. The van der Waals surface area contributed by atoms with Crippen LogP contribution in [0.2, 0.25) is 0 Å². The number of nitrogens with one attached hydrogen (secondary N) is 3. The van der Waals surface area contributed by atoms with Crippen LogP contribution in [0, 0.1) is 0 Å². The molecule has 0 aliphatic rings. The number of hydrogen-bond acceptors (Lipinski definition) is 6. The molecule has 0 bridgehead atoms. The molecule has 3 aromatic rings. The van der Waals surface area contributed by atoms with Gasteiger partial charge in [-0.05, 0) is 17.7 Å². The van der Waals surface area contributed by atoms with Crippen molar-refractivity contribution < 1.29 is 28.2 Å². The number of oxazole rings is 1. The highest BCUT2D eigenvalue weighted by atomic mass is 19.1. The average Bonchev–Trinajstić information content (AvgIpc) is 3.20. The van der Waals surface area contributed by atoms with E-state index >= 15 is 0 Å². The van der Waals surface area contributed by atoms with Crippen LogP contribution in [-0.4, -0.2) is 48.3 Å². The Morgan fingerprint density at radius 3 is 2.72 bits per heavy atom. The molecule has 10 heteroatoms. The number of amides is 2. The molecular weight excluding hydrogens is 419 g/mol. The van der Waals surface area contributed by atoms with Crippen LogP contribution in [0.25, 0.3) is 11.1 Å². The highest BCUT2D eigenvalue weighted by molar-refractivity contribution is 5.84. The maximum Gasteiger partial charge on any atom is 0.404 e. The number of halogens is 1. The zero-order chi connectivity index (χ0) is 22.9. The lowest BCUT2D eigenvalue weighted by Gasteiger charge is -2.15. The molecule has 4 N–H and O–H groups in total. The van der Waals surface area contributed by atoms with Gasteiger partial charge in [0, 0.05) is 31.7 Å². The molecular formula is C22H23FN4O5. The van der Waals surface area contributed by atoms with E-state index in [-0.39, 0.29) is 30.6 Å². The van der Waals surface area contributed by atoms with Gasteiger partial charge in [-0.25, -0.2) is 9.18 Å². The molecule has 0 fully saturated rings. The maximum absolute atomic E-state index is 12.9. The van der Waals surface area contributed by atoms with E-state index in [4.69, 9.17) is 14.3 Å². The summed E-state index contributed by atoms with van der Waals surface area (Å²) in [6, 6.07) is 14.0. The summed E-state index contributed by atoms with van der Waals surface area (Å²) in [7, 11) is 1.56. The zero-order valence-corrected chi connectivity index (χ0v) is 17.3. The van der Waals surface area contributed by atoms with Crippen molar-refractivity contribution in [2.75, 3.05) is 25.5 Å². The van der Waals surface area contributed by atoms with Crippen molar-refractivity contribution >= 4 is 29.1 Å². The molecule has 0 aliphatic carbocycles. The van der Waals surface area contributed by atoms with Gasteiger partial charge in [0.05, 0.1) is 6.33 Å². The lowest BCUT2D eigenvalue weighted by atomic mass is 10.1. The molecule has 0 saturated heterocycles. The first-order chi connectivity index (χ1) is 15.5. The summed E-state index contributed by atoms with van der Waals surface area (Å²) in [5, 5.41) is 16.3. The van der Waals surface area contributed by atoms with Crippen LogP contribution in [0.3, 0.4) is 0 Å². The smallest absolute Gasteiger partial charge is 0.404 e. The number of benzene rings is 2. The Bertz CT molecular complexity index is 1100. The monoisotopic (exact) mass is 442 g/mol. The van der Waals surface area contributed by atoms with Crippen molar-refractivity contribution in [3.8, 4) is 5.75 Å². The van der Waals surface area contributed by atoms with E-state index in [0.29, 0.717) is 29.6 Å². The fourth-order valence-electron chi connectivity index (χ4n) is 2.93. The summed E-state index contributed by atoms with van der Waals surface area (Å²) in [4.78, 5) is 27.2.